The molecule has 0 radical (unpaired) electrons. The van der Waals surface area contributed by atoms with Gasteiger partial charge in [0.2, 0.25) is 5.95 Å². The van der Waals surface area contributed by atoms with Crippen molar-refractivity contribution in [1.82, 2.24) is 19.4 Å². The quantitative estimate of drug-likeness (QED) is 0.350. The number of nitrogens with one attached hydrogen (secondary N) is 1. The summed E-state index contributed by atoms with van der Waals surface area (Å²) in [7, 11) is 7.82. The average molecular weight is 486 g/mol. The number of methoxy groups -OCH3 is 1. The summed E-state index contributed by atoms with van der Waals surface area (Å²) in [6, 6.07) is 12.4. The normalized spacial score (nSPS) is 12.8. The minimum atomic E-state index is 0.505. The summed E-state index contributed by atoms with van der Waals surface area (Å²) in [4.78, 5) is 13.7. The Morgan fingerprint density at radius 2 is 1.97 bits per heavy atom. The van der Waals surface area contributed by atoms with E-state index in [4.69, 9.17) is 15.5 Å². The van der Waals surface area contributed by atoms with Crippen LogP contribution < -0.4 is 20.7 Å². The number of nitrogens with two attached hydrogens (primary N) is 1. The van der Waals surface area contributed by atoms with E-state index in [2.05, 4.69) is 63.9 Å². The van der Waals surface area contributed by atoms with Crippen LogP contribution in [-0.4, -0.2) is 60.8 Å². The van der Waals surface area contributed by atoms with Crippen LogP contribution in [0.4, 0.5) is 23.0 Å². The first-order valence-electron chi connectivity index (χ1n) is 12.4. The SMILES string of the molecule is COc1cc(N(C)CCN(C)C)c(N)cc1Nc1nccc(-c2c(C)n3c4c(cccc24)CCC3)n1. The summed E-state index contributed by atoms with van der Waals surface area (Å²) in [5.74, 6) is 1.19. The van der Waals surface area contributed by atoms with E-state index in [-0.39, 0.29) is 0 Å². The van der Waals surface area contributed by atoms with Gasteiger partial charge in [0.15, 0.2) is 0 Å². The molecule has 2 aromatic carbocycles. The van der Waals surface area contributed by atoms with E-state index in [1.54, 1.807) is 13.3 Å². The molecule has 0 spiro atoms. The van der Waals surface area contributed by atoms with Gasteiger partial charge in [-0.2, -0.15) is 0 Å². The molecule has 4 aromatic rings. The van der Waals surface area contributed by atoms with Gasteiger partial charge in [-0.1, -0.05) is 18.2 Å². The molecule has 188 valence electrons. The van der Waals surface area contributed by atoms with Gasteiger partial charge in [0.25, 0.3) is 0 Å². The summed E-state index contributed by atoms with van der Waals surface area (Å²) < 4.78 is 8.14. The summed E-state index contributed by atoms with van der Waals surface area (Å²) >= 11 is 0. The Morgan fingerprint density at radius 1 is 1.14 bits per heavy atom. The van der Waals surface area contributed by atoms with Gasteiger partial charge in [0.05, 0.1) is 35.4 Å². The number of anilines is 4. The van der Waals surface area contributed by atoms with Gasteiger partial charge in [-0.25, -0.2) is 9.97 Å². The number of hydrogen-bond donors (Lipinski definition) is 2. The fourth-order valence-corrected chi connectivity index (χ4v) is 5.17. The van der Waals surface area contributed by atoms with Crippen LogP contribution in [0.3, 0.4) is 0 Å². The first kappa shape index (κ1) is 23.9. The second-order valence-electron chi connectivity index (χ2n) is 9.76. The van der Waals surface area contributed by atoms with Crippen molar-refractivity contribution in [3.8, 4) is 17.0 Å². The number of nitrogen functional groups attached to an aromatic ring is 1. The third kappa shape index (κ3) is 4.33. The fourth-order valence-electron chi connectivity index (χ4n) is 5.17. The lowest BCUT2D eigenvalue weighted by molar-refractivity contribution is 0.413. The van der Waals surface area contributed by atoms with Crippen LogP contribution >= 0.6 is 0 Å². The average Bonchev–Trinajstić information content (AvgIpc) is 3.16. The van der Waals surface area contributed by atoms with Crippen LogP contribution in [0.5, 0.6) is 5.75 Å². The zero-order valence-corrected chi connectivity index (χ0v) is 21.8. The highest BCUT2D eigenvalue weighted by Crippen LogP contribution is 2.39. The zero-order valence-electron chi connectivity index (χ0n) is 21.8. The molecule has 1 aliphatic rings. The number of hydrogen-bond acceptors (Lipinski definition) is 7. The molecule has 36 heavy (non-hydrogen) atoms. The molecule has 0 saturated carbocycles. The molecular weight excluding hydrogens is 450 g/mol. The molecule has 5 rings (SSSR count). The number of likely N-dealkylation sites (N-methyl/N-ethyl adjacent to an activating group) is 2. The van der Waals surface area contributed by atoms with Gasteiger partial charge in [-0.3, -0.25) is 0 Å². The van der Waals surface area contributed by atoms with Crippen LogP contribution in [0, 0.1) is 6.92 Å². The molecule has 0 bridgehead atoms. The maximum absolute atomic E-state index is 6.45. The number of benzene rings is 2. The smallest absolute Gasteiger partial charge is 0.227 e. The molecule has 0 fully saturated rings. The highest BCUT2D eigenvalue weighted by Gasteiger charge is 2.22. The maximum Gasteiger partial charge on any atom is 0.227 e. The predicted molar refractivity (Wildman–Crippen MR) is 149 cm³/mol. The first-order chi connectivity index (χ1) is 17.4. The highest BCUT2D eigenvalue weighted by atomic mass is 16.5. The van der Waals surface area contributed by atoms with Gasteiger partial charge in [0, 0.05) is 55.6 Å². The van der Waals surface area contributed by atoms with Crippen molar-refractivity contribution in [2.24, 2.45) is 0 Å². The van der Waals surface area contributed by atoms with Crippen LogP contribution in [0.1, 0.15) is 17.7 Å². The van der Waals surface area contributed by atoms with E-state index < -0.39 is 0 Å². The fraction of sp³-hybridized carbons (Fsp3) is 0.357. The molecule has 0 amide bonds. The molecule has 2 aromatic heterocycles. The van der Waals surface area contributed by atoms with Crippen LogP contribution in [0.25, 0.3) is 22.2 Å². The number of aromatic nitrogens is 3. The van der Waals surface area contributed by atoms with Crippen molar-refractivity contribution in [2.75, 3.05) is 57.3 Å². The lowest BCUT2D eigenvalue weighted by Gasteiger charge is -2.24. The number of para-hydroxylation sites is 1. The Labute approximate surface area is 212 Å². The van der Waals surface area contributed by atoms with Crippen molar-refractivity contribution < 1.29 is 4.74 Å². The monoisotopic (exact) mass is 485 g/mol. The third-order valence-electron chi connectivity index (χ3n) is 7.05. The molecule has 0 saturated heterocycles. The van der Waals surface area contributed by atoms with E-state index in [1.807, 2.05) is 25.2 Å². The second-order valence-corrected chi connectivity index (χ2v) is 9.76. The van der Waals surface area contributed by atoms with E-state index in [1.165, 1.54) is 34.1 Å². The van der Waals surface area contributed by atoms with E-state index in [9.17, 15) is 0 Å². The summed E-state index contributed by atoms with van der Waals surface area (Å²) in [5, 5.41) is 4.59. The Bertz CT molecular complexity index is 1410. The van der Waals surface area contributed by atoms with Crippen molar-refractivity contribution in [3.05, 3.63) is 53.9 Å². The summed E-state index contributed by atoms with van der Waals surface area (Å²) in [5.41, 5.74) is 14.9. The first-order valence-corrected chi connectivity index (χ1v) is 12.4. The molecule has 3 N–H and O–H groups in total. The van der Waals surface area contributed by atoms with Crippen LogP contribution in [-0.2, 0) is 13.0 Å². The highest BCUT2D eigenvalue weighted by molar-refractivity contribution is 5.99. The van der Waals surface area contributed by atoms with E-state index >= 15 is 0 Å². The molecule has 8 heteroatoms. The van der Waals surface area contributed by atoms with Crippen molar-refractivity contribution in [2.45, 2.75) is 26.3 Å². The Kier molecular flexibility index (Phi) is 6.45. The summed E-state index contributed by atoms with van der Waals surface area (Å²) in [6.07, 6.45) is 4.09. The number of ether oxygens (including phenoxy) is 1. The van der Waals surface area contributed by atoms with Crippen molar-refractivity contribution in [1.29, 1.82) is 0 Å². The largest absolute Gasteiger partial charge is 0.494 e. The molecule has 0 unspecified atom stereocenters. The molecule has 8 nitrogen and oxygen atoms in total. The molecule has 1 aliphatic heterocycles. The van der Waals surface area contributed by atoms with Gasteiger partial charge >= 0.3 is 0 Å². The third-order valence-corrected chi connectivity index (χ3v) is 7.05. The Hall–Kier alpha value is -3.78. The van der Waals surface area contributed by atoms with Gasteiger partial charge in [0.1, 0.15) is 5.75 Å². The molecule has 0 aliphatic carbocycles. The van der Waals surface area contributed by atoms with Crippen molar-refractivity contribution >= 4 is 33.9 Å². The maximum atomic E-state index is 6.45. The minimum Gasteiger partial charge on any atom is -0.494 e. The zero-order chi connectivity index (χ0) is 25.4. The van der Waals surface area contributed by atoms with Gasteiger partial charge in [-0.15, -0.1) is 0 Å². The van der Waals surface area contributed by atoms with Crippen LogP contribution in [0.2, 0.25) is 0 Å². The van der Waals surface area contributed by atoms with E-state index in [0.29, 0.717) is 17.4 Å². The lowest BCUT2D eigenvalue weighted by Crippen LogP contribution is -2.29. The van der Waals surface area contributed by atoms with E-state index in [0.717, 1.165) is 43.1 Å². The number of rotatable bonds is 8. The van der Waals surface area contributed by atoms with Crippen LogP contribution in [0.15, 0.2) is 42.6 Å². The standard InChI is InChI=1S/C28H35N7O/c1-18-26(20-10-6-8-19-9-7-13-35(18)27(19)20)22-11-12-30-28(31-22)32-23-16-21(29)24(17-25(23)36-5)34(4)15-14-33(2)3/h6,8,10-12,16-17H,7,9,13-15,29H2,1-5H3,(H,30,31,32). The molecule has 3 heterocycles. The number of nitrogens with zero attached hydrogens (tertiary/aromatic N) is 5. The second kappa shape index (κ2) is 9.70. The van der Waals surface area contributed by atoms with Gasteiger partial charge in [-0.05, 0) is 51.6 Å². The molecule has 0 atom stereocenters. The van der Waals surface area contributed by atoms with Gasteiger partial charge < -0.3 is 30.2 Å². The molecular formula is C28H35N7O. The van der Waals surface area contributed by atoms with Crippen molar-refractivity contribution in [3.63, 3.8) is 0 Å². The lowest BCUT2D eigenvalue weighted by atomic mass is 10.0. The minimum absolute atomic E-state index is 0.505. The topological polar surface area (TPSA) is 84.5 Å². The number of aryl methyl sites for hydroxylation is 2. The summed E-state index contributed by atoms with van der Waals surface area (Å²) in [6.45, 7) is 5.01. The Morgan fingerprint density at radius 3 is 2.75 bits per heavy atom. The Balaban J connectivity index is 1.48. The predicted octanol–water partition coefficient (Wildman–Crippen LogP) is 4.69.